The summed E-state index contributed by atoms with van der Waals surface area (Å²) in [5.74, 6) is -2.30. The van der Waals surface area contributed by atoms with Crippen molar-refractivity contribution in [3.05, 3.63) is 0 Å². The van der Waals surface area contributed by atoms with Crippen molar-refractivity contribution in [2.75, 3.05) is 6.61 Å². The minimum absolute atomic E-state index is 1.67. The lowest BCUT2D eigenvalue weighted by atomic mass is 10.0. The first kappa shape index (κ1) is 10.2. The molecule has 0 rings (SSSR count). The van der Waals surface area contributed by atoms with Crippen LogP contribution in [0.3, 0.4) is 0 Å². The van der Waals surface area contributed by atoms with Gasteiger partial charge >= 0.3 is 12.1 Å². The molecule has 0 aromatic heterocycles. The molecule has 0 unspecified atom stereocenters. The van der Waals surface area contributed by atoms with Gasteiger partial charge in [0.1, 0.15) is 0 Å². The Morgan fingerprint density at radius 2 is 1.82 bits per heavy atom. The van der Waals surface area contributed by atoms with Gasteiger partial charge in [-0.3, -0.25) is 0 Å². The molecule has 0 bridgehead atoms. The van der Waals surface area contributed by atoms with E-state index in [1.165, 1.54) is 0 Å². The van der Waals surface area contributed by atoms with Gasteiger partial charge in [0.15, 0.2) is 0 Å². The molecule has 7 heteroatoms. The Balaban J connectivity index is 4.75. The Hall–Kier alpha value is -0.820. The number of aliphatic carboxylic acids is 1. The average Bonchev–Trinajstić information content (AvgIpc) is 1.83. The van der Waals surface area contributed by atoms with Gasteiger partial charge in [0.2, 0.25) is 5.54 Å². The molecule has 4 N–H and O–H groups in total. The number of rotatable bonds is 2. The average molecular weight is 173 g/mol. The molecule has 1 atom stereocenters. The Labute approximate surface area is 59.4 Å². The summed E-state index contributed by atoms with van der Waals surface area (Å²) >= 11 is 0. The quantitative estimate of drug-likeness (QED) is 0.516. The van der Waals surface area contributed by atoms with Gasteiger partial charge < -0.3 is 15.9 Å². The van der Waals surface area contributed by atoms with E-state index < -0.39 is 24.3 Å². The predicted octanol–water partition coefficient (Wildman–Crippen LogP) is -0.677. The molecular formula is C4H6F3NO3. The Bertz CT molecular complexity index is 168. The van der Waals surface area contributed by atoms with Crippen molar-refractivity contribution < 1.29 is 28.2 Å². The minimum Gasteiger partial charge on any atom is -0.480 e. The summed E-state index contributed by atoms with van der Waals surface area (Å²) in [4.78, 5) is 9.89. The fraction of sp³-hybridized carbons (Fsp3) is 0.750. The summed E-state index contributed by atoms with van der Waals surface area (Å²) in [6.07, 6.45) is -5.15. The molecule has 0 aromatic carbocycles. The van der Waals surface area contributed by atoms with E-state index in [0.29, 0.717) is 0 Å². The van der Waals surface area contributed by atoms with Crippen molar-refractivity contribution in [2.45, 2.75) is 11.7 Å². The summed E-state index contributed by atoms with van der Waals surface area (Å²) in [5, 5.41) is 16.0. The number of carboxylic acids is 1. The number of hydrogen-bond donors (Lipinski definition) is 3. The van der Waals surface area contributed by atoms with Gasteiger partial charge in [0.05, 0.1) is 6.61 Å². The van der Waals surface area contributed by atoms with Crippen LogP contribution in [0.15, 0.2) is 0 Å². The summed E-state index contributed by atoms with van der Waals surface area (Å²) in [5.41, 5.74) is 0.794. The van der Waals surface area contributed by atoms with Crippen molar-refractivity contribution in [1.29, 1.82) is 0 Å². The van der Waals surface area contributed by atoms with E-state index in [1.807, 2.05) is 0 Å². The van der Waals surface area contributed by atoms with Crippen molar-refractivity contribution in [2.24, 2.45) is 5.73 Å². The second-order valence-corrected chi connectivity index (χ2v) is 1.93. The van der Waals surface area contributed by atoms with Crippen molar-refractivity contribution in [3.8, 4) is 0 Å². The molecule has 0 amide bonds. The number of aliphatic hydroxyl groups excluding tert-OH is 1. The van der Waals surface area contributed by atoms with E-state index in [9.17, 15) is 18.0 Å². The maximum Gasteiger partial charge on any atom is 0.419 e. The lowest BCUT2D eigenvalue weighted by Crippen LogP contribution is -2.62. The van der Waals surface area contributed by atoms with Crippen LogP contribution in [0.5, 0.6) is 0 Å². The van der Waals surface area contributed by atoms with Crippen molar-refractivity contribution >= 4 is 5.97 Å². The first-order valence-corrected chi connectivity index (χ1v) is 2.45. The third-order valence-corrected chi connectivity index (χ3v) is 1.14. The highest BCUT2D eigenvalue weighted by molar-refractivity contribution is 5.79. The maximum atomic E-state index is 11.7. The lowest BCUT2D eigenvalue weighted by Gasteiger charge is -2.24. The summed E-state index contributed by atoms with van der Waals surface area (Å²) in [6.45, 7) is -1.67. The van der Waals surface area contributed by atoms with E-state index in [4.69, 9.17) is 10.2 Å². The lowest BCUT2D eigenvalue weighted by molar-refractivity contribution is -0.208. The van der Waals surface area contributed by atoms with Crippen LogP contribution in [-0.4, -0.2) is 34.5 Å². The molecule has 0 fully saturated rings. The third-order valence-electron chi connectivity index (χ3n) is 1.14. The molecule has 11 heavy (non-hydrogen) atoms. The van der Waals surface area contributed by atoms with Crippen LogP contribution >= 0.6 is 0 Å². The number of carbonyl (C=O) groups is 1. The number of hydrogen-bond acceptors (Lipinski definition) is 3. The summed E-state index contributed by atoms with van der Waals surface area (Å²) < 4.78 is 35.1. The van der Waals surface area contributed by atoms with Crippen LogP contribution in [0.1, 0.15) is 0 Å². The second-order valence-electron chi connectivity index (χ2n) is 1.93. The largest absolute Gasteiger partial charge is 0.480 e. The van der Waals surface area contributed by atoms with Gasteiger partial charge in [0.25, 0.3) is 0 Å². The Kier molecular flexibility index (Phi) is 2.47. The molecule has 0 heterocycles. The molecule has 66 valence electrons. The molecule has 4 nitrogen and oxygen atoms in total. The molecule has 0 saturated carbocycles. The van der Waals surface area contributed by atoms with Crippen molar-refractivity contribution in [1.82, 2.24) is 0 Å². The first-order valence-electron chi connectivity index (χ1n) is 2.45. The number of aliphatic hydroxyl groups is 1. The SMILES string of the molecule is N[C@](CO)(C(=O)O)C(F)(F)F. The number of alkyl halides is 3. The van der Waals surface area contributed by atoms with Gasteiger partial charge in [-0.25, -0.2) is 4.79 Å². The molecular weight excluding hydrogens is 167 g/mol. The van der Waals surface area contributed by atoms with Gasteiger partial charge in [-0.1, -0.05) is 0 Å². The maximum absolute atomic E-state index is 11.7. The van der Waals surface area contributed by atoms with E-state index in [-0.39, 0.29) is 0 Å². The zero-order chi connectivity index (χ0) is 9.28. The number of nitrogens with two attached hydrogens (primary N) is 1. The number of carboxylic acid groups (broad SMARTS) is 1. The molecule has 0 aromatic rings. The van der Waals surface area contributed by atoms with E-state index in [1.54, 1.807) is 0 Å². The zero-order valence-corrected chi connectivity index (χ0v) is 5.22. The van der Waals surface area contributed by atoms with Crippen LogP contribution in [0, 0.1) is 0 Å². The van der Waals surface area contributed by atoms with Crippen LogP contribution < -0.4 is 5.73 Å². The van der Waals surface area contributed by atoms with E-state index in [0.717, 1.165) is 0 Å². The summed E-state index contributed by atoms with van der Waals surface area (Å²) in [6, 6.07) is 0. The number of halogens is 3. The topological polar surface area (TPSA) is 83.5 Å². The van der Waals surface area contributed by atoms with Crippen molar-refractivity contribution in [3.63, 3.8) is 0 Å². The minimum atomic E-state index is -5.15. The summed E-state index contributed by atoms with van der Waals surface area (Å²) in [7, 11) is 0. The van der Waals surface area contributed by atoms with Gasteiger partial charge in [-0.05, 0) is 0 Å². The molecule has 0 aliphatic rings. The fourth-order valence-electron chi connectivity index (χ4n) is 0.279. The second kappa shape index (κ2) is 2.67. The standard InChI is InChI=1S/C4H6F3NO3/c5-4(6,7)3(8,1-9)2(10)11/h9H,1,8H2,(H,10,11)/t3-/m1/s1. The van der Waals surface area contributed by atoms with Crippen LogP contribution in [0.25, 0.3) is 0 Å². The molecule has 0 radical (unpaired) electrons. The molecule has 0 spiro atoms. The van der Waals surface area contributed by atoms with Crippen LogP contribution in [-0.2, 0) is 4.79 Å². The molecule has 0 aliphatic heterocycles. The van der Waals surface area contributed by atoms with E-state index in [2.05, 4.69) is 5.73 Å². The van der Waals surface area contributed by atoms with Gasteiger partial charge in [-0.15, -0.1) is 0 Å². The third kappa shape index (κ3) is 1.60. The van der Waals surface area contributed by atoms with Gasteiger partial charge in [-0.2, -0.15) is 13.2 Å². The zero-order valence-electron chi connectivity index (χ0n) is 5.22. The van der Waals surface area contributed by atoms with Crippen LogP contribution in [0.4, 0.5) is 13.2 Å². The highest BCUT2D eigenvalue weighted by Gasteiger charge is 2.57. The first-order chi connectivity index (χ1) is 4.75. The smallest absolute Gasteiger partial charge is 0.419 e. The monoisotopic (exact) mass is 173 g/mol. The highest BCUT2D eigenvalue weighted by atomic mass is 19.4. The predicted molar refractivity (Wildman–Crippen MR) is 27.7 cm³/mol. The van der Waals surface area contributed by atoms with E-state index >= 15 is 0 Å². The Morgan fingerprint density at radius 3 is 1.82 bits per heavy atom. The molecule has 0 saturated heterocycles. The Morgan fingerprint density at radius 1 is 1.45 bits per heavy atom. The van der Waals surface area contributed by atoms with Gasteiger partial charge in [0, 0.05) is 0 Å². The normalized spacial score (nSPS) is 17.5. The van der Waals surface area contributed by atoms with Crippen LogP contribution in [0.2, 0.25) is 0 Å². The molecule has 0 aliphatic carbocycles. The highest BCUT2D eigenvalue weighted by Crippen LogP contribution is 2.27. The fourth-order valence-corrected chi connectivity index (χ4v) is 0.279.